The van der Waals surface area contributed by atoms with Crippen molar-refractivity contribution in [2.45, 2.75) is 65.6 Å². The Balaban J connectivity index is 1.69. The third-order valence-electron chi connectivity index (χ3n) is 5.10. The number of aliphatic imine (C=N–C) groups is 1. The van der Waals surface area contributed by atoms with Gasteiger partial charge in [0.25, 0.3) is 0 Å². The number of nitrogens with zero attached hydrogens (tertiary/aromatic N) is 5. The highest BCUT2D eigenvalue weighted by Crippen LogP contribution is 2.15. The van der Waals surface area contributed by atoms with Crippen molar-refractivity contribution in [2.75, 3.05) is 13.6 Å². The van der Waals surface area contributed by atoms with E-state index < -0.39 is 0 Å². The van der Waals surface area contributed by atoms with E-state index in [9.17, 15) is 0 Å². The molecule has 6 heteroatoms. The highest BCUT2D eigenvalue weighted by Gasteiger charge is 2.15. The topological polar surface area (TPSA) is 58.3 Å². The molecule has 0 atom stereocenters. The van der Waals surface area contributed by atoms with E-state index in [0.29, 0.717) is 6.54 Å². The number of hydrogen-bond donors (Lipinski definition) is 1. The number of hydrogen-bond acceptors (Lipinski definition) is 3. The van der Waals surface area contributed by atoms with Crippen LogP contribution < -0.4 is 5.32 Å². The molecule has 3 rings (SSSR count). The first-order valence-corrected chi connectivity index (χ1v) is 10.2. The summed E-state index contributed by atoms with van der Waals surface area (Å²) in [4.78, 5) is 7.00. The van der Waals surface area contributed by atoms with Crippen LogP contribution in [0.4, 0.5) is 0 Å². The summed E-state index contributed by atoms with van der Waals surface area (Å²) in [5.41, 5.74) is 2.66. The molecule has 0 amide bonds. The zero-order valence-corrected chi connectivity index (χ0v) is 16.9. The van der Waals surface area contributed by atoms with Crippen molar-refractivity contribution in [3.8, 4) is 0 Å². The maximum absolute atomic E-state index is 4.83. The first-order chi connectivity index (χ1) is 13.2. The number of guanidine groups is 1. The van der Waals surface area contributed by atoms with Crippen LogP contribution in [-0.4, -0.2) is 39.2 Å². The van der Waals surface area contributed by atoms with Gasteiger partial charge in [0.05, 0.1) is 0 Å². The molecule has 146 valence electrons. The summed E-state index contributed by atoms with van der Waals surface area (Å²) in [6.45, 7) is 7.53. The van der Waals surface area contributed by atoms with Crippen LogP contribution in [-0.2, 0) is 32.5 Å². The predicted octanol–water partition coefficient (Wildman–Crippen LogP) is 3.16. The SMILES string of the molecule is CCNC(=NCc1nnc2n1CCCCC2)N(C)Cc1ccc(CC)cc1. The number of aryl methyl sites for hydroxylation is 2. The van der Waals surface area contributed by atoms with Gasteiger partial charge < -0.3 is 14.8 Å². The van der Waals surface area contributed by atoms with Crippen LogP contribution in [0.1, 0.15) is 55.9 Å². The van der Waals surface area contributed by atoms with Gasteiger partial charge in [0.2, 0.25) is 0 Å². The molecule has 0 saturated heterocycles. The largest absolute Gasteiger partial charge is 0.357 e. The van der Waals surface area contributed by atoms with Gasteiger partial charge in [0.1, 0.15) is 12.4 Å². The molecule has 6 nitrogen and oxygen atoms in total. The van der Waals surface area contributed by atoms with Gasteiger partial charge in [-0.25, -0.2) is 4.99 Å². The number of aromatic nitrogens is 3. The van der Waals surface area contributed by atoms with Crippen molar-refractivity contribution in [3.05, 3.63) is 47.0 Å². The third kappa shape index (κ3) is 5.08. The fourth-order valence-electron chi connectivity index (χ4n) is 3.51. The van der Waals surface area contributed by atoms with Gasteiger partial charge in [0.15, 0.2) is 11.8 Å². The lowest BCUT2D eigenvalue weighted by atomic mass is 10.1. The first-order valence-electron chi connectivity index (χ1n) is 10.2. The average molecular weight is 369 g/mol. The summed E-state index contributed by atoms with van der Waals surface area (Å²) in [6.07, 6.45) is 5.79. The quantitative estimate of drug-likeness (QED) is 0.628. The van der Waals surface area contributed by atoms with Crippen molar-refractivity contribution >= 4 is 5.96 Å². The van der Waals surface area contributed by atoms with Crippen LogP contribution in [0.2, 0.25) is 0 Å². The summed E-state index contributed by atoms with van der Waals surface area (Å²) in [7, 11) is 2.08. The Kier molecular flexibility index (Phi) is 6.85. The summed E-state index contributed by atoms with van der Waals surface area (Å²) in [5.74, 6) is 3.00. The Bertz CT molecular complexity index is 747. The predicted molar refractivity (Wildman–Crippen MR) is 110 cm³/mol. The summed E-state index contributed by atoms with van der Waals surface area (Å²) >= 11 is 0. The van der Waals surface area contributed by atoms with Gasteiger partial charge in [-0.15, -0.1) is 10.2 Å². The maximum Gasteiger partial charge on any atom is 0.194 e. The lowest BCUT2D eigenvalue weighted by Gasteiger charge is -2.22. The number of nitrogens with one attached hydrogen (secondary N) is 1. The number of benzene rings is 1. The zero-order chi connectivity index (χ0) is 19.1. The Hall–Kier alpha value is -2.37. The van der Waals surface area contributed by atoms with Gasteiger partial charge in [-0.3, -0.25) is 0 Å². The van der Waals surface area contributed by atoms with E-state index in [0.717, 1.165) is 50.1 Å². The second kappa shape index (κ2) is 9.53. The lowest BCUT2D eigenvalue weighted by Crippen LogP contribution is -2.38. The van der Waals surface area contributed by atoms with Crippen molar-refractivity contribution in [3.63, 3.8) is 0 Å². The monoisotopic (exact) mass is 368 g/mol. The highest BCUT2D eigenvalue weighted by molar-refractivity contribution is 5.79. The fourth-order valence-corrected chi connectivity index (χ4v) is 3.51. The molecule has 2 heterocycles. The molecule has 0 unspecified atom stereocenters. The smallest absolute Gasteiger partial charge is 0.194 e. The minimum absolute atomic E-state index is 0.564. The number of rotatable bonds is 6. The van der Waals surface area contributed by atoms with Crippen LogP contribution in [0.25, 0.3) is 0 Å². The maximum atomic E-state index is 4.83. The molecular formula is C21H32N6. The molecule has 0 radical (unpaired) electrons. The van der Waals surface area contributed by atoms with Crippen LogP contribution in [0.3, 0.4) is 0 Å². The molecule has 1 aliphatic heterocycles. The van der Waals surface area contributed by atoms with E-state index in [1.54, 1.807) is 0 Å². The zero-order valence-electron chi connectivity index (χ0n) is 16.9. The second-order valence-electron chi connectivity index (χ2n) is 7.19. The molecule has 1 aromatic heterocycles. The number of fused-ring (bicyclic) bond motifs is 1. The standard InChI is InChI=1S/C21H32N6/c1-4-17-10-12-18(13-11-17)16-26(3)21(22-5-2)23-15-20-25-24-19-9-7-6-8-14-27(19)20/h10-13H,4-9,14-16H2,1-3H3,(H,22,23). The van der Waals surface area contributed by atoms with E-state index in [4.69, 9.17) is 4.99 Å². The van der Waals surface area contributed by atoms with Crippen molar-refractivity contribution in [2.24, 2.45) is 4.99 Å². The molecule has 1 aliphatic rings. The van der Waals surface area contributed by atoms with Crippen LogP contribution in [0.15, 0.2) is 29.3 Å². The van der Waals surface area contributed by atoms with E-state index in [1.165, 1.54) is 30.4 Å². The molecule has 27 heavy (non-hydrogen) atoms. The van der Waals surface area contributed by atoms with Gasteiger partial charge in [-0.05, 0) is 37.3 Å². The van der Waals surface area contributed by atoms with Crippen LogP contribution >= 0.6 is 0 Å². The van der Waals surface area contributed by atoms with E-state index in [1.807, 2.05) is 0 Å². The van der Waals surface area contributed by atoms with Gasteiger partial charge >= 0.3 is 0 Å². The molecule has 0 aliphatic carbocycles. The van der Waals surface area contributed by atoms with Crippen LogP contribution in [0.5, 0.6) is 0 Å². The molecule has 1 aromatic carbocycles. The van der Waals surface area contributed by atoms with Gasteiger partial charge in [-0.1, -0.05) is 37.6 Å². The van der Waals surface area contributed by atoms with Gasteiger partial charge in [-0.2, -0.15) is 0 Å². The third-order valence-corrected chi connectivity index (χ3v) is 5.10. The second-order valence-corrected chi connectivity index (χ2v) is 7.19. The molecule has 0 saturated carbocycles. The normalized spacial score (nSPS) is 14.6. The molecular weight excluding hydrogens is 336 g/mol. The van der Waals surface area contributed by atoms with E-state index >= 15 is 0 Å². The van der Waals surface area contributed by atoms with E-state index in [2.05, 4.69) is 70.1 Å². The van der Waals surface area contributed by atoms with E-state index in [-0.39, 0.29) is 0 Å². The van der Waals surface area contributed by atoms with Crippen molar-refractivity contribution < 1.29 is 0 Å². The molecule has 0 fully saturated rings. The van der Waals surface area contributed by atoms with Crippen LogP contribution in [0, 0.1) is 0 Å². The van der Waals surface area contributed by atoms with Crippen molar-refractivity contribution in [1.82, 2.24) is 25.0 Å². The minimum atomic E-state index is 0.564. The molecule has 2 aromatic rings. The van der Waals surface area contributed by atoms with Crippen molar-refractivity contribution in [1.29, 1.82) is 0 Å². The molecule has 1 N–H and O–H groups in total. The summed E-state index contributed by atoms with van der Waals surface area (Å²) < 4.78 is 2.27. The Labute approximate surface area is 162 Å². The first kappa shape index (κ1) is 19.4. The minimum Gasteiger partial charge on any atom is -0.357 e. The Morgan fingerprint density at radius 2 is 1.89 bits per heavy atom. The summed E-state index contributed by atoms with van der Waals surface area (Å²) in [6, 6.07) is 8.83. The average Bonchev–Trinajstić information content (AvgIpc) is 2.92. The summed E-state index contributed by atoms with van der Waals surface area (Å²) in [5, 5.41) is 12.2. The molecule has 0 bridgehead atoms. The highest BCUT2D eigenvalue weighted by atomic mass is 15.3. The Morgan fingerprint density at radius 3 is 2.63 bits per heavy atom. The molecule has 0 spiro atoms. The lowest BCUT2D eigenvalue weighted by molar-refractivity contribution is 0.475. The Morgan fingerprint density at radius 1 is 1.11 bits per heavy atom. The fraction of sp³-hybridized carbons (Fsp3) is 0.571. The van der Waals surface area contributed by atoms with Gasteiger partial charge in [0, 0.05) is 33.1 Å².